The van der Waals surface area contributed by atoms with Gasteiger partial charge in [0.2, 0.25) is 5.16 Å². The van der Waals surface area contributed by atoms with Crippen molar-refractivity contribution < 1.29 is 0 Å². The number of nitrogens with zero attached hydrogens (tertiary/aromatic N) is 5. The molecule has 2 aromatic carbocycles. The third-order valence-electron chi connectivity index (χ3n) is 4.35. The molecule has 0 amide bonds. The second-order valence-electron chi connectivity index (χ2n) is 6.10. The van der Waals surface area contributed by atoms with Crippen LogP contribution < -0.4 is 4.90 Å². The number of rotatable bonds is 8. The lowest BCUT2D eigenvalue weighted by molar-refractivity contribution is 0.723. The molecule has 0 bridgehead atoms. The SMILES string of the molecule is CCc1nnc(SC)n1/N=C\c1ccc(N(CC)Cc2ccccc2)cc1. The van der Waals surface area contributed by atoms with Gasteiger partial charge >= 0.3 is 0 Å². The van der Waals surface area contributed by atoms with Crippen LogP contribution in [-0.2, 0) is 13.0 Å². The van der Waals surface area contributed by atoms with Crippen LogP contribution in [0.25, 0.3) is 0 Å². The third kappa shape index (κ3) is 4.77. The van der Waals surface area contributed by atoms with Gasteiger partial charge in [-0.1, -0.05) is 61.2 Å². The van der Waals surface area contributed by atoms with Gasteiger partial charge in [0.25, 0.3) is 0 Å². The number of hydrogen-bond donors (Lipinski definition) is 0. The van der Waals surface area contributed by atoms with Crippen molar-refractivity contribution in [2.45, 2.75) is 32.0 Å². The van der Waals surface area contributed by atoms with Crippen LogP contribution in [0.3, 0.4) is 0 Å². The zero-order chi connectivity index (χ0) is 19.1. The summed E-state index contributed by atoms with van der Waals surface area (Å²) in [4.78, 5) is 2.36. The molecule has 0 unspecified atom stereocenters. The van der Waals surface area contributed by atoms with E-state index in [4.69, 9.17) is 0 Å². The third-order valence-corrected chi connectivity index (χ3v) is 4.97. The molecule has 0 atom stereocenters. The molecule has 0 aliphatic heterocycles. The van der Waals surface area contributed by atoms with Gasteiger partial charge in [-0.05, 0) is 36.4 Å². The molecule has 0 N–H and O–H groups in total. The summed E-state index contributed by atoms with van der Waals surface area (Å²) in [7, 11) is 0. The normalized spacial score (nSPS) is 11.2. The predicted molar refractivity (Wildman–Crippen MR) is 114 cm³/mol. The van der Waals surface area contributed by atoms with E-state index in [9.17, 15) is 0 Å². The van der Waals surface area contributed by atoms with Crippen LogP contribution in [0.15, 0.2) is 64.9 Å². The van der Waals surface area contributed by atoms with Crippen LogP contribution in [0.5, 0.6) is 0 Å². The smallest absolute Gasteiger partial charge is 0.211 e. The van der Waals surface area contributed by atoms with E-state index in [1.807, 2.05) is 17.1 Å². The molecule has 0 fully saturated rings. The lowest BCUT2D eigenvalue weighted by Gasteiger charge is -2.23. The molecule has 0 aliphatic carbocycles. The highest BCUT2D eigenvalue weighted by Crippen LogP contribution is 2.18. The van der Waals surface area contributed by atoms with E-state index < -0.39 is 0 Å². The summed E-state index contributed by atoms with van der Waals surface area (Å²) >= 11 is 1.55. The molecule has 1 heterocycles. The number of thioether (sulfide) groups is 1. The van der Waals surface area contributed by atoms with Gasteiger partial charge in [-0.3, -0.25) is 0 Å². The fourth-order valence-electron chi connectivity index (χ4n) is 2.84. The number of hydrogen-bond acceptors (Lipinski definition) is 5. The minimum Gasteiger partial charge on any atom is -0.367 e. The molecule has 3 aromatic rings. The van der Waals surface area contributed by atoms with E-state index in [2.05, 4.69) is 88.6 Å². The summed E-state index contributed by atoms with van der Waals surface area (Å²) in [5, 5.41) is 13.7. The molecule has 3 rings (SSSR count). The van der Waals surface area contributed by atoms with E-state index in [1.165, 1.54) is 11.3 Å². The number of aryl methyl sites for hydroxylation is 1. The van der Waals surface area contributed by atoms with Crippen molar-refractivity contribution in [3.63, 3.8) is 0 Å². The van der Waals surface area contributed by atoms with Gasteiger partial charge in [0, 0.05) is 25.2 Å². The largest absolute Gasteiger partial charge is 0.367 e. The maximum atomic E-state index is 4.57. The zero-order valence-electron chi connectivity index (χ0n) is 16.0. The van der Waals surface area contributed by atoms with Crippen LogP contribution >= 0.6 is 11.8 Å². The molecule has 27 heavy (non-hydrogen) atoms. The van der Waals surface area contributed by atoms with Crippen molar-refractivity contribution in [2.24, 2.45) is 5.10 Å². The van der Waals surface area contributed by atoms with Gasteiger partial charge in [0.1, 0.15) is 0 Å². The Morgan fingerprint density at radius 1 is 1.04 bits per heavy atom. The Morgan fingerprint density at radius 3 is 2.41 bits per heavy atom. The Morgan fingerprint density at radius 2 is 1.78 bits per heavy atom. The molecule has 5 nitrogen and oxygen atoms in total. The van der Waals surface area contributed by atoms with Gasteiger partial charge in [0.15, 0.2) is 5.82 Å². The highest BCUT2D eigenvalue weighted by Gasteiger charge is 2.08. The molecule has 0 saturated carbocycles. The summed E-state index contributed by atoms with van der Waals surface area (Å²) in [6.45, 7) is 6.10. The summed E-state index contributed by atoms with van der Waals surface area (Å²) in [6.07, 6.45) is 4.64. The van der Waals surface area contributed by atoms with Crippen molar-refractivity contribution in [2.75, 3.05) is 17.7 Å². The van der Waals surface area contributed by atoms with Crippen LogP contribution in [0.1, 0.15) is 30.8 Å². The summed E-state index contributed by atoms with van der Waals surface area (Å²) in [6, 6.07) is 19.0. The number of aromatic nitrogens is 3. The molecule has 140 valence electrons. The minimum atomic E-state index is 0.800. The molecule has 1 aromatic heterocycles. The first-order valence-corrected chi connectivity index (χ1v) is 10.4. The van der Waals surface area contributed by atoms with Gasteiger partial charge < -0.3 is 4.90 Å². The fourth-order valence-corrected chi connectivity index (χ4v) is 3.29. The van der Waals surface area contributed by atoms with Gasteiger partial charge in [0.05, 0.1) is 6.21 Å². The lowest BCUT2D eigenvalue weighted by atomic mass is 10.1. The van der Waals surface area contributed by atoms with E-state index in [0.717, 1.165) is 36.1 Å². The molecule has 0 spiro atoms. The van der Waals surface area contributed by atoms with E-state index in [1.54, 1.807) is 11.8 Å². The number of anilines is 1. The lowest BCUT2D eigenvalue weighted by Crippen LogP contribution is -2.21. The Balaban J connectivity index is 1.74. The number of benzene rings is 2. The van der Waals surface area contributed by atoms with E-state index >= 15 is 0 Å². The molecule has 6 heteroatoms. The van der Waals surface area contributed by atoms with Crippen LogP contribution in [0, 0.1) is 0 Å². The standard InChI is InChI=1S/C21H25N5S/c1-4-20-23-24-21(27-3)26(20)22-15-17-11-13-19(14-12-17)25(5-2)16-18-9-7-6-8-10-18/h6-15H,4-5,16H2,1-3H3/b22-15-. The maximum absolute atomic E-state index is 4.57. The first kappa shape index (κ1) is 19.2. The van der Waals surface area contributed by atoms with E-state index in [0.29, 0.717) is 0 Å². The average Bonchev–Trinajstić information content (AvgIpc) is 3.13. The Labute approximate surface area is 165 Å². The molecular weight excluding hydrogens is 354 g/mol. The summed E-state index contributed by atoms with van der Waals surface area (Å²) < 4.78 is 1.81. The van der Waals surface area contributed by atoms with Crippen molar-refractivity contribution in [3.8, 4) is 0 Å². The monoisotopic (exact) mass is 379 g/mol. The van der Waals surface area contributed by atoms with Gasteiger partial charge in [-0.2, -0.15) is 9.78 Å². The van der Waals surface area contributed by atoms with Crippen molar-refractivity contribution in [3.05, 3.63) is 71.5 Å². The van der Waals surface area contributed by atoms with Gasteiger partial charge in [-0.25, -0.2) is 0 Å². The predicted octanol–water partition coefficient (Wildman–Crippen LogP) is 4.47. The van der Waals surface area contributed by atoms with Crippen LogP contribution in [0.2, 0.25) is 0 Å². The molecule has 0 radical (unpaired) electrons. The first-order chi connectivity index (χ1) is 13.2. The van der Waals surface area contributed by atoms with E-state index in [-0.39, 0.29) is 0 Å². The van der Waals surface area contributed by atoms with Crippen LogP contribution in [-0.4, -0.2) is 33.9 Å². The molecule has 0 saturated heterocycles. The topological polar surface area (TPSA) is 46.3 Å². The fraction of sp³-hybridized carbons (Fsp3) is 0.286. The average molecular weight is 380 g/mol. The van der Waals surface area contributed by atoms with Crippen molar-refractivity contribution >= 4 is 23.7 Å². The Kier molecular flexibility index (Phi) is 6.65. The summed E-state index contributed by atoms with van der Waals surface area (Å²) in [5.74, 6) is 0.868. The molecule has 0 aliphatic rings. The van der Waals surface area contributed by atoms with Crippen molar-refractivity contribution in [1.82, 2.24) is 14.9 Å². The Hall–Kier alpha value is -2.60. The first-order valence-electron chi connectivity index (χ1n) is 9.16. The summed E-state index contributed by atoms with van der Waals surface area (Å²) in [5.41, 5.74) is 3.58. The zero-order valence-corrected chi connectivity index (χ0v) is 16.9. The minimum absolute atomic E-state index is 0.800. The van der Waals surface area contributed by atoms with Crippen molar-refractivity contribution in [1.29, 1.82) is 0 Å². The molecular formula is C21H25N5S. The maximum Gasteiger partial charge on any atom is 0.211 e. The highest BCUT2D eigenvalue weighted by atomic mass is 32.2. The second kappa shape index (κ2) is 9.37. The Bertz CT molecular complexity index is 850. The van der Waals surface area contributed by atoms with Gasteiger partial charge in [-0.15, -0.1) is 10.2 Å². The van der Waals surface area contributed by atoms with Crippen LogP contribution in [0.4, 0.5) is 5.69 Å². The second-order valence-corrected chi connectivity index (χ2v) is 6.88. The quantitative estimate of drug-likeness (QED) is 0.428. The highest BCUT2D eigenvalue weighted by molar-refractivity contribution is 7.98.